The normalized spacial score (nSPS) is 16.5. The first-order valence-electron chi connectivity index (χ1n) is 4.86. The number of rotatable bonds is 2. The number of anilines is 1. The second-order valence-corrected chi connectivity index (χ2v) is 3.48. The van der Waals surface area contributed by atoms with Gasteiger partial charge in [-0.2, -0.15) is 0 Å². The molecule has 2 heteroatoms. The number of hydrogen-bond donors (Lipinski definition) is 2. The molecular formula is C11H15NO. The summed E-state index contributed by atoms with van der Waals surface area (Å²) in [6.45, 7) is 3.00. The molecule has 2 rings (SSSR count). The van der Waals surface area contributed by atoms with Crippen LogP contribution in [0, 0.1) is 0 Å². The highest BCUT2D eigenvalue weighted by atomic mass is 16.3. The Balaban J connectivity index is 2.41. The molecule has 1 unspecified atom stereocenters. The predicted molar refractivity (Wildman–Crippen MR) is 53.9 cm³/mol. The lowest BCUT2D eigenvalue weighted by Gasteiger charge is -2.13. The number of fused-ring (bicyclic) bond motifs is 1. The maximum atomic E-state index is 9.75. The Kier molecular flexibility index (Phi) is 2.23. The molecule has 0 fully saturated rings. The molecule has 70 valence electrons. The molecule has 1 aliphatic heterocycles. The van der Waals surface area contributed by atoms with Gasteiger partial charge in [0.05, 0.1) is 6.10 Å². The summed E-state index contributed by atoms with van der Waals surface area (Å²) >= 11 is 0. The van der Waals surface area contributed by atoms with Crippen molar-refractivity contribution in [2.75, 3.05) is 11.9 Å². The Morgan fingerprint density at radius 3 is 3.15 bits per heavy atom. The number of nitrogens with one attached hydrogen (secondary N) is 1. The Bertz CT molecular complexity index is 309. The van der Waals surface area contributed by atoms with E-state index in [2.05, 4.69) is 11.4 Å². The molecule has 13 heavy (non-hydrogen) atoms. The second-order valence-electron chi connectivity index (χ2n) is 3.48. The highest BCUT2D eigenvalue weighted by molar-refractivity contribution is 5.61. The number of aliphatic hydroxyl groups excluding tert-OH is 1. The highest BCUT2D eigenvalue weighted by Gasteiger charge is 2.17. The van der Waals surface area contributed by atoms with Crippen LogP contribution in [-0.2, 0) is 6.42 Å². The number of aliphatic hydroxyl groups is 1. The minimum Gasteiger partial charge on any atom is -0.388 e. The molecule has 0 aromatic heterocycles. The van der Waals surface area contributed by atoms with E-state index in [1.54, 1.807) is 0 Å². The second kappa shape index (κ2) is 3.38. The van der Waals surface area contributed by atoms with Gasteiger partial charge in [0.25, 0.3) is 0 Å². The lowest BCUT2D eigenvalue weighted by Crippen LogP contribution is -2.00. The summed E-state index contributed by atoms with van der Waals surface area (Å²) in [5.74, 6) is 0. The van der Waals surface area contributed by atoms with E-state index in [9.17, 15) is 5.11 Å². The first-order chi connectivity index (χ1) is 6.33. The van der Waals surface area contributed by atoms with Crippen LogP contribution in [-0.4, -0.2) is 11.7 Å². The van der Waals surface area contributed by atoms with Crippen molar-refractivity contribution in [3.05, 3.63) is 29.3 Å². The SMILES string of the molecule is CCC(O)c1cccc2c1NCC2. The topological polar surface area (TPSA) is 32.3 Å². The van der Waals surface area contributed by atoms with Crippen molar-refractivity contribution in [2.24, 2.45) is 0 Å². The van der Waals surface area contributed by atoms with Gasteiger partial charge < -0.3 is 10.4 Å². The van der Waals surface area contributed by atoms with Gasteiger partial charge in [-0.05, 0) is 18.4 Å². The molecule has 1 aliphatic rings. The smallest absolute Gasteiger partial charge is 0.0807 e. The van der Waals surface area contributed by atoms with Crippen molar-refractivity contribution in [3.63, 3.8) is 0 Å². The lowest BCUT2D eigenvalue weighted by molar-refractivity contribution is 0.174. The van der Waals surface area contributed by atoms with Crippen molar-refractivity contribution in [2.45, 2.75) is 25.9 Å². The number of para-hydroxylation sites is 1. The minimum absolute atomic E-state index is 0.319. The van der Waals surface area contributed by atoms with Crippen molar-refractivity contribution in [3.8, 4) is 0 Å². The van der Waals surface area contributed by atoms with E-state index in [0.29, 0.717) is 0 Å². The fraction of sp³-hybridized carbons (Fsp3) is 0.455. The monoisotopic (exact) mass is 177 g/mol. The first-order valence-corrected chi connectivity index (χ1v) is 4.86. The van der Waals surface area contributed by atoms with E-state index < -0.39 is 0 Å². The average Bonchev–Trinajstić information content (AvgIpc) is 2.63. The maximum absolute atomic E-state index is 9.75. The van der Waals surface area contributed by atoms with Crippen LogP contribution in [0.15, 0.2) is 18.2 Å². The number of benzene rings is 1. The highest BCUT2D eigenvalue weighted by Crippen LogP contribution is 2.31. The van der Waals surface area contributed by atoms with Gasteiger partial charge >= 0.3 is 0 Å². The third-order valence-electron chi connectivity index (χ3n) is 2.62. The van der Waals surface area contributed by atoms with Crippen LogP contribution in [0.5, 0.6) is 0 Å². The summed E-state index contributed by atoms with van der Waals surface area (Å²) in [4.78, 5) is 0. The molecule has 0 spiro atoms. The Morgan fingerprint density at radius 1 is 1.54 bits per heavy atom. The van der Waals surface area contributed by atoms with E-state index in [-0.39, 0.29) is 6.10 Å². The Hall–Kier alpha value is -1.02. The van der Waals surface area contributed by atoms with Crippen LogP contribution in [0.4, 0.5) is 5.69 Å². The van der Waals surface area contributed by atoms with E-state index in [0.717, 1.165) is 30.6 Å². The van der Waals surface area contributed by atoms with Gasteiger partial charge in [-0.25, -0.2) is 0 Å². The van der Waals surface area contributed by atoms with Gasteiger partial charge in [0.2, 0.25) is 0 Å². The molecule has 0 aliphatic carbocycles. The lowest BCUT2D eigenvalue weighted by atomic mass is 10.0. The molecule has 1 aromatic carbocycles. The fourth-order valence-corrected chi connectivity index (χ4v) is 1.86. The quantitative estimate of drug-likeness (QED) is 0.725. The van der Waals surface area contributed by atoms with Gasteiger partial charge in [0.1, 0.15) is 0 Å². The van der Waals surface area contributed by atoms with Gasteiger partial charge in [0, 0.05) is 17.8 Å². The predicted octanol–water partition coefficient (Wildman–Crippen LogP) is 2.10. The molecule has 1 aromatic rings. The zero-order valence-electron chi connectivity index (χ0n) is 7.88. The van der Waals surface area contributed by atoms with Crippen molar-refractivity contribution in [1.29, 1.82) is 0 Å². The third-order valence-corrected chi connectivity index (χ3v) is 2.62. The summed E-state index contributed by atoms with van der Waals surface area (Å²) in [6, 6.07) is 6.16. The summed E-state index contributed by atoms with van der Waals surface area (Å²) in [5.41, 5.74) is 3.55. The fourth-order valence-electron chi connectivity index (χ4n) is 1.86. The first kappa shape index (κ1) is 8.57. The molecule has 1 heterocycles. The van der Waals surface area contributed by atoms with Gasteiger partial charge in [-0.15, -0.1) is 0 Å². The zero-order chi connectivity index (χ0) is 9.26. The molecule has 2 N–H and O–H groups in total. The van der Waals surface area contributed by atoms with E-state index >= 15 is 0 Å². The molecule has 2 nitrogen and oxygen atoms in total. The zero-order valence-corrected chi connectivity index (χ0v) is 7.88. The van der Waals surface area contributed by atoms with E-state index in [1.807, 2.05) is 19.1 Å². The summed E-state index contributed by atoms with van der Waals surface area (Å²) in [7, 11) is 0. The van der Waals surface area contributed by atoms with Crippen LogP contribution in [0.3, 0.4) is 0 Å². The number of hydrogen-bond acceptors (Lipinski definition) is 2. The van der Waals surface area contributed by atoms with Gasteiger partial charge in [0.15, 0.2) is 0 Å². The van der Waals surface area contributed by atoms with Gasteiger partial charge in [-0.1, -0.05) is 25.1 Å². The van der Waals surface area contributed by atoms with Crippen LogP contribution in [0.25, 0.3) is 0 Å². The molecule has 0 amide bonds. The standard InChI is InChI=1S/C11H15NO/c1-2-10(13)9-5-3-4-8-6-7-12-11(8)9/h3-5,10,12-13H,2,6-7H2,1H3. The molecule has 0 radical (unpaired) electrons. The summed E-state index contributed by atoms with van der Waals surface area (Å²) in [6.07, 6.45) is 1.54. The molecular weight excluding hydrogens is 162 g/mol. The van der Waals surface area contributed by atoms with Gasteiger partial charge in [-0.3, -0.25) is 0 Å². The molecule has 0 saturated carbocycles. The molecule has 0 saturated heterocycles. The van der Waals surface area contributed by atoms with E-state index in [1.165, 1.54) is 5.56 Å². The van der Waals surface area contributed by atoms with Crippen LogP contribution < -0.4 is 5.32 Å². The van der Waals surface area contributed by atoms with Crippen molar-refractivity contribution in [1.82, 2.24) is 0 Å². The molecule has 1 atom stereocenters. The van der Waals surface area contributed by atoms with Crippen molar-refractivity contribution < 1.29 is 5.11 Å². The van der Waals surface area contributed by atoms with E-state index in [4.69, 9.17) is 0 Å². The summed E-state index contributed by atoms with van der Waals surface area (Å²) < 4.78 is 0. The minimum atomic E-state index is -0.319. The largest absolute Gasteiger partial charge is 0.388 e. The average molecular weight is 177 g/mol. The third kappa shape index (κ3) is 1.42. The summed E-state index contributed by atoms with van der Waals surface area (Å²) in [5, 5.41) is 13.1. The Labute approximate surface area is 78.6 Å². The van der Waals surface area contributed by atoms with Crippen LogP contribution in [0.2, 0.25) is 0 Å². The van der Waals surface area contributed by atoms with Crippen LogP contribution >= 0.6 is 0 Å². The van der Waals surface area contributed by atoms with Crippen molar-refractivity contribution >= 4 is 5.69 Å². The molecule has 0 bridgehead atoms. The maximum Gasteiger partial charge on any atom is 0.0807 e. The Morgan fingerprint density at radius 2 is 2.38 bits per heavy atom. The van der Waals surface area contributed by atoms with Crippen LogP contribution in [0.1, 0.15) is 30.6 Å².